The maximum atomic E-state index is 13.5. The van der Waals surface area contributed by atoms with E-state index in [2.05, 4.69) is 42.6 Å². The Balaban J connectivity index is 0.684. The molecule has 0 saturated carbocycles. The molecular weight excluding hydrogens is 829 g/mol. The number of nitrogens with one attached hydrogen (secondary N) is 4. The third-order valence-corrected chi connectivity index (χ3v) is 13.7. The summed E-state index contributed by atoms with van der Waals surface area (Å²) in [5.74, 6) is -1.16. The lowest BCUT2D eigenvalue weighted by molar-refractivity contribution is -0.136. The van der Waals surface area contributed by atoms with Crippen LogP contribution in [0, 0.1) is 0 Å². The fraction of sp³-hybridized carbons (Fsp3) is 0.404. The maximum absolute atomic E-state index is 13.5. The average Bonchev–Trinajstić information content (AvgIpc) is 3.87. The molecule has 5 aliphatic rings. The van der Waals surface area contributed by atoms with Crippen molar-refractivity contribution in [3.8, 4) is 5.82 Å². The second-order valence-electron chi connectivity index (χ2n) is 17.6. The van der Waals surface area contributed by atoms with Crippen LogP contribution >= 0.6 is 0 Å². The van der Waals surface area contributed by atoms with Crippen molar-refractivity contribution in [3.05, 3.63) is 106 Å². The first kappa shape index (κ1) is 42.2. The summed E-state index contributed by atoms with van der Waals surface area (Å²) in [6.07, 6.45) is 7.42. The molecule has 1 unspecified atom stereocenters. The van der Waals surface area contributed by atoms with Gasteiger partial charge < -0.3 is 26.0 Å². The Morgan fingerprint density at radius 1 is 0.908 bits per heavy atom. The number of amides is 4. The van der Waals surface area contributed by atoms with Gasteiger partial charge in [-0.1, -0.05) is 19.1 Å². The molecule has 3 saturated heterocycles. The van der Waals surface area contributed by atoms with Gasteiger partial charge in [0, 0.05) is 81.0 Å². The molecule has 2 atom stereocenters. The molecule has 0 spiro atoms. The van der Waals surface area contributed by atoms with Crippen molar-refractivity contribution >= 4 is 57.7 Å². The van der Waals surface area contributed by atoms with E-state index in [4.69, 9.17) is 9.97 Å². The van der Waals surface area contributed by atoms with Crippen molar-refractivity contribution in [2.45, 2.75) is 82.1 Å². The lowest BCUT2D eigenvalue weighted by Gasteiger charge is -2.48. The van der Waals surface area contributed by atoms with E-state index in [-0.39, 0.29) is 24.9 Å². The van der Waals surface area contributed by atoms with E-state index in [9.17, 15) is 29.1 Å². The van der Waals surface area contributed by atoms with E-state index in [0.717, 1.165) is 86.1 Å². The summed E-state index contributed by atoms with van der Waals surface area (Å²) < 4.78 is 3.22. The third-order valence-electron chi connectivity index (χ3n) is 13.7. The van der Waals surface area contributed by atoms with E-state index < -0.39 is 35.3 Å². The van der Waals surface area contributed by atoms with Crippen LogP contribution in [-0.2, 0) is 28.2 Å². The Bertz CT molecular complexity index is 2790. The second-order valence-corrected chi connectivity index (χ2v) is 17.6. The number of anilines is 4. The summed E-state index contributed by atoms with van der Waals surface area (Å²) in [4.78, 5) is 83.8. The van der Waals surface area contributed by atoms with Crippen LogP contribution in [0.4, 0.5) is 23.0 Å². The van der Waals surface area contributed by atoms with Crippen LogP contribution in [0.25, 0.3) is 16.9 Å². The number of aryl methyl sites for hydroxylation is 1. The number of allylic oxidation sites excluding steroid dienone is 1. The number of likely N-dealkylation sites (tertiary alicyclic amines) is 1. The number of imide groups is 2. The normalized spacial score (nSPS) is 21.4. The number of pyridine rings is 1. The molecule has 1 aliphatic carbocycles. The van der Waals surface area contributed by atoms with Crippen molar-refractivity contribution < 1.29 is 24.3 Å². The minimum absolute atomic E-state index is 0.0900. The van der Waals surface area contributed by atoms with Crippen LogP contribution in [0.2, 0.25) is 0 Å². The predicted octanol–water partition coefficient (Wildman–Crippen LogP) is 3.21. The number of carbonyl (C=O) groups is 4. The van der Waals surface area contributed by atoms with Crippen molar-refractivity contribution in [1.29, 1.82) is 0 Å². The molecule has 0 bridgehead atoms. The van der Waals surface area contributed by atoms with E-state index in [0.29, 0.717) is 64.5 Å². The number of hydrogen-bond donors (Lipinski definition) is 5. The predicted molar refractivity (Wildman–Crippen MR) is 244 cm³/mol. The highest BCUT2D eigenvalue weighted by atomic mass is 16.3. The smallest absolute Gasteiger partial charge is 0.278 e. The lowest BCUT2D eigenvalue weighted by atomic mass is 9.98. The molecule has 2 aromatic carbocycles. The summed E-state index contributed by atoms with van der Waals surface area (Å²) in [5.41, 5.74) is 4.05. The number of piperidine rings is 2. The molecule has 5 aromatic rings. The zero-order valence-electron chi connectivity index (χ0n) is 36.3. The Morgan fingerprint density at radius 2 is 1.68 bits per heavy atom. The highest BCUT2D eigenvalue weighted by Crippen LogP contribution is 2.39. The average molecular weight is 881 g/mol. The molecule has 336 valence electrons. The van der Waals surface area contributed by atoms with Gasteiger partial charge in [0.05, 0.1) is 23.4 Å². The maximum Gasteiger partial charge on any atom is 0.278 e. The number of hydrogen-bond acceptors (Lipinski definition) is 14. The van der Waals surface area contributed by atoms with Crippen LogP contribution in [0.15, 0.2) is 78.2 Å². The van der Waals surface area contributed by atoms with Crippen molar-refractivity contribution in [2.75, 3.05) is 54.8 Å². The highest BCUT2D eigenvalue weighted by molar-refractivity contribution is 6.23. The molecule has 5 N–H and O–H groups in total. The molecule has 7 heterocycles. The second kappa shape index (κ2) is 17.0. The molecule has 0 radical (unpaired) electrons. The summed E-state index contributed by atoms with van der Waals surface area (Å²) in [7, 11) is 0. The molecule has 18 heteroatoms. The molecule has 4 aliphatic heterocycles. The Hall–Kier alpha value is -6.76. The van der Waals surface area contributed by atoms with Crippen LogP contribution in [-0.4, -0.2) is 120 Å². The van der Waals surface area contributed by atoms with Gasteiger partial charge in [-0.2, -0.15) is 4.98 Å². The molecule has 65 heavy (non-hydrogen) atoms. The Kier molecular flexibility index (Phi) is 11.0. The SMILES string of the molecule is C=CCn1c(=O)c2cnc(Nc3ccc(NCCNC4CCN(C5CN(c6ccc7c(c6)C(=O)N(C6CCC(=O)NC6=O)C7=O)C5)CC4)cc3)nc2n1-c1ccc2c(n1)[C@@](O)(CC)CC2. The third kappa shape index (κ3) is 7.74. The summed E-state index contributed by atoms with van der Waals surface area (Å²) >= 11 is 0. The Labute approximate surface area is 374 Å². The van der Waals surface area contributed by atoms with Gasteiger partial charge in [0.15, 0.2) is 11.5 Å². The highest BCUT2D eigenvalue weighted by Gasteiger charge is 2.45. The van der Waals surface area contributed by atoms with Gasteiger partial charge in [0.1, 0.15) is 17.0 Å². The monoisotopic (exact) mass is 880 g/mol. The number of carbonyl (C=O) groups excluding carboxylic acids is 4. The van der Waals surface area contributed by atoms with Gasteiger partial charge in [-0.05, 0) is 92.6 Å². The zero-order valence-corrected chi connectivity index (χ0v) is 36.3. The molecule has 3 aromatic heterocycles. The molecule has 18 nitrogen and oxygen atoms in total. The molecular formula is C47H52N12O6. The number of aliphatic hydroxyl groups is 1. The number of fused-ring (bicyclic) bond motifs is 3. The standard InChI is InChI=1S/C47H52N12O6/c1-3-21-57-43(62)36-25-50-46(54-41(36)59(57)38-13-5-28-15-18-47(65,4-2)40(28)52-38)51-31-8-6-29(7-9-31)48-19-20-49-30-16-22-55(23-17-30)33-26-56(27-33)32-10-11-34-35(24-32)45(64)58(44(34)63)37-12-14-39(60)53-42(37)61/h3,5-11,13,24-25,30,33,37,48-49,65H,1,4,12,14-23,26-27H2,2H3,(H,50,51,54)(H,53,60,61)/t37?,47-/m1/s1. The summed E-state index contributed by atoms with van der Waals surface area (Å²) in [6.45, 7) is 11.3. The van der Waals surface area contributed by atoms with Crippen molar-refractivity contribution in [2.24, 2.45) is 0 Å². The van der Waals surface area contributed by atoms with Crippen LogP contribution in [0.3, 0.4) is 0 Å². The van der Waals surface area contributed by atoms with Gasteiger partial charge >= 0.3 is 0 Å². The Morgan fingerprint density at radius 3 is 2.43 bits per heavy atom. The van der Waals surface area contributed by atoms with E-state index in [1.165, 1.54) is 10.9 Å². The van der Waals surface area contributed by atoms with Crippen molar-refractivity contribution in [1.82, 2.24) is 44.7 Å². The number of rotatable bonds is 14. The van der Waals surface area contributed by atoms with E-state index >= 15 is 0 Å². The first-order valence-corrected chi connectivity index (χ1v) is 22.5. The number of nitrogens with zero attached hydrogens (tertiary/aromatic N) is 8. The van der Waals surface area contributed by atoms with Crippen LogP contribution in [0.1, 0.15) is 77.4 Å². The van der Waals surface area contributed by atoms with Gasteiger partial charge in [0.2, 0.25) is 17.8 Å². The van der Waals surface area contributed by atoms with Crippen LogP contribution in [0.5, 0.6) is 0 Å². The first-order valence-electron chi connectivity index (χ1n) is 22.5. The fourth-order valence-electron chi connectivity index (χ4n) is 9.92. The zero-order chi connectivity index (χ0) is 45.0. The molecule has 3 fully saturated rings. The van der Waals surface area contributed by atoms with Gasteiger partial charge in [-0.25, -0.2) is 19.3 Å². The summed E-state index contributed by atoms with van der Waals surface area (Å²) in [6, 6.07) is 16.9. The van der Waals surface area contributed by atoms with Gasteiger partial charge in [-0.3, -0.25) is 39.1 Å². The fourth-order valence-corrected chi connectivity index (χ4v) is 9.92. The van der Waals surface area contributed by atoms with Gasteiger partial charge in [-0.15, -0.1) is 6.58 Å². The summed E-state index contributed by atoms with van der Waals surface area (Å²) in [5, 5.41) is 24.3. The molecule has 10 rings (SSSR count). The van der Waals surface area contributed by atoms with Crippen molar-refractivity contribution in [3.63, 3.8) is 0 Å². The van der Waals surface area contributed by atoms with E-state index in [1.807, 2.05) is 49.4 Å². The largest absolute Gasteiger partial charge is 0.384 e. The van der Waals surface area contributed by atoms with E-state index in [1.54, 1.807) is 22.9 Å². The number of benzene rings is 2. The minimum atomic E-state index is -1.00. The first-order chi connectivity index (χ1) is 31.5. The minimum Gasteiger partial charge on any atom is -0.384 e. The quantitative estimate of drug-likeness (QED) is 0.0617. The van der Waals surface area contributed by atoms with Gasteiger partial charge in [0.25, 0.3) is 17.4 Å². The number of aromatic nitrogens is 5. The van der Waals surface area contributed by atoms with Crippen LogP contribution < -0.4 is 31.7 Å². The lowest BCUT2D eigenvalue weighted by Crippen LogP contribution is -2.61. The molecule has 4 amide bonds. The topological polar surface area (TPSA) is 212 Å².